The van der Waals surface area contributed by atoms with E-state index in [1.807, 2.05) is 18.2 Å². The zero-order valence-electron chi connectivity index (χ0n) is 12.4. The second kappa shape index (κ2) is 6.27. The molecule has 2 nitrogen and oxygen atoms in total. The van der Waals surface area contributed by atoms with Crippen LogP contribution < -0.4 is 4.74 Å². The van der Waals surface area contributed by atoms with Gasteiger partial charge in [0.2, 0.25) is 0 Å². The van der Waals surface area contributed by atoms with E-state index >= 15 is 0 Å². The van der Waals surface area contributed by atoms with Crippen molar-refractivity contribution in [2.45, 2.75) is 32.8 Å². The lowest BCUT2D eigenvalue weighted by atomic mass is 9.99. The Morgan fingerprint density at radius 3 is 2.57 bits per heavy atom. The van der Waals surface area contributed by atoms with Crippen molar-refractivity contribution in [3.05, 3.63) is 59.1 Å². The standard InChI is InChI=1S/C18H19NOS/c1-3-13(2)14-8-10-15(11-9-14)20-12-18-19-16-6-4-5-7-17(16)21-18/h4-11,13H,3,12H2,1-2H3. The third-order valence-electron chi connectivity index (χ3n) is 3.76. The molecule has 2 aromatic carbocycles. The molecule has 1 aromatic heterocycles. The minimum atomic E-state index is 0.530. The van der Waals surface area contributed by atoms with Gasteiger partial charge in [-0.1, -0.05) is 38.1 Å². The molecule has 0 amide bonds. The van der Waals surface area contributed by atoms with Gasteiger partial charge in [-0.3, -0.25) is 0 Å². The lowest BCUT2D eigenvalue weighted by molar-refractivity contribution is 0.305. The fourth-order valence-electron chi connectivity index (χ4n) is 2.26. The van der Waals surface area contributed by atoms with Crippen LogP contribution in [0.1, 0.15) is 36.8 Å². The van der Waals surface area contributed by atoms with E-state index in [0.29, 0.717) is 12.5 Å². The Kier molecular flexibility index (Phi) is 4.20. The van der Waals surface area contributed by atoms with Crippen molar-refractivity contribution < 1.29 is 4.74 Å². The topological polar surface area (TPSA) is 22.1 Å². The molecule has 1 heterocycles. The highest BCUT2D eigenvalue weighted by Crippen LogP contribution is 2.24. The molecule has 1 unspecified atom stereocenters. The first-order valence-corrected chi connectivity index (χ1v) is 8.15. The molecule has 21 heavy (non-hydrogen) atoms. The van der Waals surface area contributed by atoms with E-state index in [2.05, 4.69) is 49.2 Å². The molecule has 0 radical (unpaired) electrons. The number of para-hydroxylation sites is 1. The summed E-state index contributed by atoms with van der Waals surface area (Å²) in [5.74, 6) is 1.50. The van der Waals surface area contributed by atoms with Gasteiger partial charge in [-0.15, -0.1) is 11.3 Å². The molecule has 0 N–H and O–H groups in total. The molecule has 0 aliphatic carbocycles. The van der Waals surface area contributed by atoms with Crippen molar-refractivity contribution >= 4 is 21.6 Å². The normalized spacial score (nSPS) is 12.5. The highest BCUT2D eigenvalue weighted by Gasteiger charge is 2.05. The summed E-state index contributed by atoms with van der Waals surface area (Å²) in [5, 5.41) is 1.02. The van der Waals surface area contributed by atoms with E-state index < -0.39 is 0 Å². The largest absolute Gasteiger partial charge is 0.486 e. The van der Waals surface area contributed by atoms with Gasteiger partial charge in [-0.25, -0.2) is 4.98 Å². The number of nitrogens with zero attached hydrogens (tertiary/aromatic N) is 1. The molecule has 3 rings (SSSR count). The predicted molar refractivity (Wildman–Crippen MR) is 89.1 cm³/mol. The fraction of sp³-hybridized carbons (Fsp3) is 0.278. The lowest BCUT2D eigenvalue weighted by Crippen LogP contribution is -1.96. The van der Waals surface area contributed by atoms with Gasteiger partial charge in [0.25, 0.3) is 0 Å². The van der Waals surface area contributed by atoms with Crippen LogP contribution in [0.25, 0.3) is 10.2 Å². The van der Waals surface area contributed by atoms with Crippen LogP contribution in [-0.2, 0) is 6.61 Å². The van der Waals surface area contributed by atoms with Gasteiger partial charge in [0.15, 0.2) is 0 Å². The van der Waals surface area contributed by atoms with Crippen molar-refractivity contribution in [1.29, 1.82) is 0 Å². The number of rotatable bonds is 5. The molecular weight excluding hydrogens is 278 g/mol. The Morgan fingerprint density at radius 2 is 1.86 bits per heavy atom. The Balaban J connectivity index is 1.67. The van der Waals surface area contributed by atoms with Crippen molar-refractivity contribution in [1.82, 2.24) is 4.98 Å². The number of hydrogen-bond donors (Lipinski definition) is 0. The lowest BCUT2D eigenvalue weighted by Gasteiger charge is -2.10. The molecule has 0 fully saturated rings. The van der Waals surface area contributed by atoms with Crippen LogP contribution in [0.3, 0.4) is 0 Å². The summed E-state index contributed by atoms with van der Waals surface area (Å²) in [6.07, 6.45) is 1.16. The van der Waals surface area contributed by atoms with Gasteiger partial charge in [0.1, 0.15) is 17.4 Å². The Morgan fingerprint density at radius 1 is 1.10 bits per heavy atom. The monoisotopic (exact) mass is 297 g/mol. The number of benzene rings is 2. The number of ether oxygens (including phenoxy) is 1. The Hall–Kier alpha value is -1.87. The minimum Gasteiger partial charge on any atom is -0.486 e. The number of fused-ring (bicyclic) bond motifs is 1. The maximum atomic E-state index is 5.84. The molecule has 108 valence electrons. The quantitative estimate of drug-likeness (QED) is 0.630. The highest BCUT2D eigenvalue weighted by molar-refractivity contribution is 7.18. The summed E-state index contributed by atoms with van der Waals surface area (Å²) in [6, 6.07) is 16.6. The van der Waals surface area contributed by atoms with Crippen LogP contribution >= 0.6 is 11.3 Å². The highest BCUT2D eigenvalue weighted by atomic mass is 32.1. The van der Waals surface area contributed by atoms with E-state index in [4.69, 9.17) is 4.74 Å². The second-order valence-corrected chi connectivity index (χ2v) is 6.36. The Bertz CT molecular complexity index is 684. The molecule has 0 saturated heterocycles. The summed E-state index contributed by atoms with van der Waals surface area (Å²) in [6.45, 7) is 4.99. The van der Waals surface area contributed by atoms with E-state index in [9.17, 15) is 0 Å². The number of thiazole rings is 1. The van der Waals surface area contributed by atoms with Crippen molar-refractivity contribution in [2.24, 2.45) is 0 Å². The van der Waals surface area contributed by atoms with Crippen LogP contribution in [0, 0.1) is 0 Å². The predicted octanol–water partition coefficient (Wildman–Crippen LogP) is 5.39. The molecule has 1 atom stereocenters. The van der Waals surface area contributed by atoms with Gasteiger partial charge >= 0.3 is 0 Å². The average Bonchev–Trinajstić information content (AvgIpc) is 2.95. The number of hydrogen-bond acceptors (Lipinski definition) is 3. The first kappa shape index (κ1) is 14.1. The van der Waals surface area contributed by atoms with Crippen LogP contribution in [0.15, 0.2) is 48.5 Å². The molecule has 0 aliphatic heterocycles. The van der Waals surface area contributed by atoms with Crippen LogP contribution in [-0.4, -0.2) is 4.98 Å². The van der Waals surface area contributed by atoms with Crippen LogP contribution in [0.5, 0.6) is 5.75 Å². The van der Waals surface area contributed by atoms with E-state index in [1.54, 1.807) is 11.3 Å². The van der Waals surface area contributed by atoms with Crippen molar-refractivity contribution in [3.63, 3.8) is 0 Å². The van der Waals surface area contributed by atoms with Crippen molar-refractivity contribution in [3.8, 4) is 5.75 Å². The van der Waals surface area contributed by atoms with E-state index in [-0.39, 0.29) is 0 Å². The first-order chi connectivity index (χ1) is 10.3. The summed E-state index contributed by atoms with van der Waals surface area (Å²) >= 11 is 1.69. The zero-order chi connectivity index (χ0) is 14.7. The third-order valence-corrected chi connectivity index (χ3v) is 4.77. The van der Waals surface area contributed by atoms with Crippen LogP contribution in [0.4, 0.5) is 0 Å². The van der Waals surface area contributed by atoms with Gasteiger partial charge in [-0.2, -0.15) is 0 Å². The van der Waals surface area contributed by atoms with Crippen molar-refractivity contribution in [2.75, 3.05) is 0 Å². The smallest absolute Gasteiger partial charge is 0.140 e. The van der Waals surface area contributed by atoms with Gasteiger partial charge in [-0.05, 0) is 42.2 Å². The molecule has 0 saturated carbocycles. The summed E-state index contributed by atoms with van der Waals surface area (Å²) in [4.78, 5) is 4.58. The average molecular weight is 297 g/mol. The molecular formula is C18H19NOS. The molecule has 3 heteroatoms. The molecule has 3 aromatic rings. The molecule has 0 spiro atoms. The van der Waals surface area contributed by atoms with Gasteiger partial charge in [0.05, 0.1) is 10.2 Å². The number of aromatic nitrogens is 1. The first-order valence-electron chi connectivity index (χ1n) is 7.33. The maximum Gasteiger partial charge on any atom is 0.140 e. The summed E-state index contributed by atoms with van der Waals surface area (Å²) < 4.78 is 7.05. The SMILES string of the molecule is CCC(C)c1ccc(OCc2nc3ccccc3s2)cc1. The molecule has 0 aliphatic rings. The summed E-state index contributed by atoms with van der Waals surface area (Å²) in [5.41, 5.74) is 2.41. The maximum absolute atomic E-state index is 5.84. The second-order valence-electron chi connectivity index (χ2n) is 5.24. The van der Waals surface area contributed by atoms with E-state index in [1.165, 1.54) is 10.3 Å². The van der Waals surface area contributed by atoms with Gasteiger partial charge < -0.3 is 4.74 Å². The van der Waals surface area contributed by atoms with Gasteiger partial charge in [0, 0.05) is 0 Å². The molecule has 0 bridgehead atoms. The summed E-state index contributed by atoms with van der Waals surface area (Å²) in [7, 11) is 0. The van der Waals surface area contributed by atoms with E-state index in [0.717, 1.165) is 22.7 Å². The Labute approximate surface area is 129 Å². The third kappa shape index (κ3) is 3.24. The zero-order valence-corrected chi connectivity index (χ0v) is 13.2. The van der Waals surface area contributed by atoms with Crippen LogP contribution in [0.2, 0.25) is 0 Å². The fourth-order valence-corrected chi connectivity index (χ4v) is 3.14. The minimum absolute atomic E-state index is 0.530.